The van der Waals surface area contributed by atoms with Gasteiger partial charge in [-0.15, -0.1) is 5.10 Å². The fourth-order valence-corrected chi connectivity index (χ4v) is 7.23. The van der Waals surface area contributed by atoms with E-state index < -0.39 is 36.6 Å². The Hall–Kier alpha value is -4.22. The third-order valence-corrected chi connectivity index (χ3v) is 10.3. The first-order valence-electron chi connectivity index (χ1n) is 20.1. The van der Waals surface area contributed by atoms with Crippen LogP contribution in [0, 0.1) is 0 Å². The number of hydrogen-bond donors (Lipinski definition) is 2. The van der Waals surface area contributed by atoms with Gasteiger partial charge in [-0.1, -0.05) is 166 Å². The maximum atomic E-state index is 12.4. The summed E-state index contributed by atoms with van der Waals surface area (Å²) in [4.78, 5) is 0. The number of aliphatic hydroxyl groups is 1. The first kappa shape index (κ1) is 40.4. The molecule has 6 atom stereocenters. The number of nitrogens with zero attached hydrogens (tertiary/aromatic N) is 3. The van der Waals surface area contributed by atoms with Gasteiger partial charge in [0.2, 0.25) is 0 Å². The lowest BCUT2D eigenvalue weighted by atomic mass is 9.82. The Kier molecular flexibility index (Phi) is 16.4. The Labute approximate surface area is 327 Å². The molecule has 55 heavy (non-hydrogen) atoms. The number of hydrogen-bond acceptors (Lipinski definition) is 8. The summed E-state index contributed by atoms with van der Waals surface area (Å²) < 4.78 is 29.1. The predicted octanol–water partition coefficient (Wildman–Crippen LogP) is 7.86. The van der Waals surface area contributed by atoms with Crippen LogP contribution < -0.4 is 5.32 Å². The molecule has 1 aliphatic carbocycles. The molecule has 9 heteroatoms. The monoisotopic (exact) mass is 746 g/mol. The van der Waals surface area contributed by atoms with Gasteiger partial charge >= 0.3 is 0 Å². The van der Waals surface area contributed by atoms with Gasteiger partial charge in [0.1, 0.15) is 30.5 Å². The van der Waals surface area contributed by atoms with E-state index >= 15 is 0 Å². The number of rotatable bonds is 23. The van der Waals surface area contributed by atoms with E-state index in [9.17, 15) is 5.11 Å². The average molecular weight is 747 g/mol. The van der Waals surface area contributed by atoms with Crippen LogP contribution in [0.25, 0.3) is 0 Å². The fourth-order valence-electron chi connectivity index (χ4n) is 7.23. The van der Waals surface area contributed by atoms with Crippen LogP contribution in [0.4, 0.5) is 0 Å². The highest BCUT2D eigenvalue weighted by Crippen LogP contribution is 2.33. The molecule has 292 valence electrons. The molecule has 0 bridgehead atoms. The molecular formula is C46H58N4O5. The van der Waals surface area contributed by atoms with E-state index in [1.54, 1.807) is 0 Å². The van der Waals surface area contributed by atoms with Gasteiger partial charge in [0.15, 0.2) is 0 Å². The molecule has 5 aromatic rings. The average Bonchev–Trinajstić information content (AvgIpc) is 3.69. The van der Waals surface area contributed by atoms with Crippen LogP contribution in [0.3, 0.4) is 0 Å². The zero-order valence-corrected chi connectivity index (χ0v) is 32.2. The molecule has 0 spiro atoms. The SMILES string of the molecule is CCCCCCCCn1cc(CCN[C@@H]2[C@@H](O)[C@H](OCc3ccccc3)[C@@H](OCc3ccccc3)[C@H](OCc3ccccc3)[C@H]2OCc2ccccc2)nn1. The summed E-state index contributed by atoms with van der Waals surface area (Å²) in [5.41, 5.74) is 5.00. The largest absolute Gasteiger partial charge is 0.389 e. The van der Waals surface area contributed by atoms with E-state index in [1.807, 2.05) is 120 Å². The first-order chi connectivity index (χ1) is 27.2. The van der Waals surface area contributed by atoms with E-state index in [0.717, 1.165) is 40.9 Å². The number of aryl methyl sites for hydroxylation is 1. The molecule has 1 fully saturated rings. The van der Waals surface area contributed by atoms with Gasteiger partial charge in [-0.2, -0.15) is 0 Å². The van der Waals surface area contributed by atoms with Crippen molar-refractivity contribution < 1.29 is 24.1 Å². The summed E-state index contributed by atoms with van der Waals surface area (Å²) in [6.07, 6.45) is 6.57. The molecule has 1 saturated carbocycles. The van der Waals surface area contributed by atoms with Crippen LogP contribution in [-0.4, -0.2) is 63.2 Å². The molecule has 1 heterocycles. The summed E-state index contributed by atoms with van der Waals surface area (Å²) >= 11 is 0. The number of benzene rings is 4. The minimum absolute atomic E-state index is 0.309. The minimum Gasteiger partial charge on any atom is -0.389 e. The zero-order chi connectivity index (χ0) is 37.9. The van der Waals surface area contributed by atoms with Crippen molar-refractivity contribution in [2.45, 2.75) is 121 Å². The molecule has 1 aromatic heterocycles. The molecule has 2 N–H and O–H groups in total. The third kappa shape index (κ3) is 12.7. The first-order valence-corrected chi connectivity index (χ1v) is 20.1. The number of aliphatic hydroxyl groups excluding tert-OH is 1. The number of unbranched alkanes of at least 4 members (excludes halogenated alkanes) is 5. The van der Waals surface area contributed by atoms with Crippen molar-refractivity contribution in [3.8, 4) is 0 Å². The lowest BCUT2D eigenvalue weighted by molar-refractivity contribution is -0.250. The van der Waals surface area contributed by atoms with E-state index in [2.05, 4.69) is 34.7 Å². The Morgan fingerprint density at radius 1 is 0.564 bits per heavy atom. The normalized spacial score (nSPS) is 21.1. The van der Waals surface area contributed by atoms with E-state index in [0.29, 0.717) is 39.4 Å². The predicted molar refractivity (Wildman–Crippen MR) is 215 cm³/mol. The molecule has 0 aliphatic heterocycles. The molecule has 4 aromatic carbocycles. The van der Waals surface area contributed by atoms with Crippen molar-refractivity contribution in [2.24, 2.45) is 0 Å². The van der Waals surface area contributed by atoms with E-state index in [-0.39, 0.29) is 0 Å². The molecule has 6 rings (SSSR count). The summed E-state index contributed by atoms with van der Waals surface area (Å²) in [6.45, 7) is 4.99. The second-order valence-corrected chi connectivity index (χ2v) is 14.5. The Morgan fingerprint density at radius 3 is 1.51 bits per heavy atom. The topological polar surface area (TPSA) is 99.9 Å². The van der Waals surface area contributed by atoms with Gasteiger partial charge in [0, 0.05) is 25.7 Å². The molecule has 0 radical (unpaired) electrons. The summed E-state index contributed by atoms with van der Waals surface area (Å²) in [7, 11) is 0. The smallest absolute Gasteiger partial charge is 0.115 e. The van der Waals surface area contributed by atoms with Gasteiger partial charge in [0.05, 0.1) is 38.2 Å². The maximum absolute atomic E-state index is 12.4. The van der Waals surface area contributed by atoms with Crippen LogP contribution in [0.2, 0.25) is 0 Å². The van der Waals surface area contributed by atoms with Crippen LogP contribution in [-0.2, 0) is 58.3 Å². The second-order valence-electron chi connectivity index (χ2n) is 14.5. The molecule has 0 saturated heterocycles. The van der Waals surface area contributed by atoms with Crippen molar-refractivity contribution in [1.29, 1.82) is 0 Å². The van der Waals surface area contributed by atoms with Crippen molar-refractivity contribution in [2.75, 3.05) is 6.54 Å². The molecule has 0 unspecified atom stereocenters. The summed E-state index contributed by atoms with van der Waals surface area (Å²) in [5, 5.41) is 24.9. The quantitative estimate of drug-likeness (QED) is 0.0653. The van der Waals surface area contributed by atoms with Gasteiger partial charge in [-0.3, -0.25) is 4.68 Å². The molecular weight excluding hydrogens is 689 g/mol. The third-order valence-electron chi connectivity index (χ3n) is 10.3. The second kappa shape index (κ2) is 22.4. The van der Waals surface area contributed by atoms with E-state index in [4.69, 9.17) is 18.9 Å². The highest BCUT2D eigenvalue weighted by molar-refractivity contribution is 5.18. The summed E-state index contributed by atoms with van der Waals surface area (Å²) in [5.74, 6) is 0. The van der Waals surface area contributed by atoms with E-state index in [1.165, 1.54) is 32.1 Å². The van der Waals surface area contributed by atoms with Crippen LogP contribution in [0.5, 0.6) is 0 Å². The highest BCUT2D eigenvalue weighted by atomic mass is 16.6. The van der Waals surface area contributed by atoms with Crippen molar-refractivity contribution in [3.05, 3.63) is 155 Å². The van der Waals surface area contributed by atoms with Crippen LogP contribution >= 0.6 is 0 Å². The van der Waals surface area contributed by atoms with Gasteiger partial charge in [-0.05, 0) is 28.7 Å². The summed E-state index contributed by atoms with van der Waals surface area (Å²) in [6, 6.07) is 39.8. The van der Waals surface area contributed by atoms with Crippen molar-refractivity contribution >= 4 is 0 Å². The minimum atomic E-state index is -0.981. The highest BCUT2D eigenvalue weighted by Gasteiger charge is 2.53. The number of nitrogens with one attached hydrogen (secondary N) is 1. The maximum Gasteiger partial charge on any atom is 0.115 e. The molecule has 0 amide bonds. The Balaban J connectivity index is 1.24. The van der Waals surface area contributed by atoms with Gasteiger partial charge < -0.3 is 29.4 Å². The molecule has 1 aliphatic rings. The Bertz CT molecular complexity index is 1740. The fraction of sp³-hybridized carbons (Fsp3) is 0.435. The lowest BCUT2D eigenvalue weighted by Gasteiger charge is -2.49. The van der Waals surface area contributed by atoms with Crippen molar-refractivity contribution in [1.82, 2.24) is 20.3 Å². The number of aromatic nitrogens is 3. The van der Waals surface area contributed by atoms with Gasteiger partial charge in [-0.25, -0.2) is 0 Å². The number of ether oxygens (including phenoxy) is 4. The van der Waals surface area contributed by atoms with Crippen LogP contribution in [0.1, 0.15) is 73.4 Å². The van der Waals surface area contributed by atoms with Gasteiger partial charge in [0.25, 0.3) is 0 Å². The standard InChI is InChI=1S/C46H58N4O5/c1-2-3-4-5-6-19-30-50-31-40(48-49-50)28-29-47-41-42(51)44(53-33-37-22-13-8-14-23-37)46(55-35-39-26-17-10-18-27-39)45(54-34-38-24-15-9-16-25-38)43(41)52-32-36-20-11-7-12-21-36/h7-18,20-27,31,41-47,51H,2-6,19,28-30,32-35H2,1H3/t41-,42-,43+,44+,45-,46-/m1/s1. The van der Waals surface area contributed by atoms with Crippen LogP contribution in [0.15, 0.2) is 128 Å². The Morgan fingerprint density at radius 2 is 1.00 bits per heavy atom. The lowest BCUT2D eigenvalue weighted by Crippen LogP contribution is -2.69. The molecule has 9 nitrogen and oxygen atoms in total. The zero-order valence-electron chi connectivity index (χ0n) is 32.2. The van der Waals surface area contributed by atoms with Crippen molar-refractivity contribution in [3.63, 3.8) is 0 Å².